The van der Waals surface area contributed by atoms with Gasteiger partial charge in [-0.25, -0.2) is 0 Å². The zero-order valence-electron chi connectivity index (χ0n) is 10.7. The highest BCUT2D eigenvalue weighted by atomic mass is 16.2. The number of hydrogen-bond acceptors (Lipinski definition) is 2. The number of rotatable bonds is 6. The molecule has 0 heterocycles. The maximum absolute atomic E-state index is 11.9. The summed E-state index contributed by atoms with van der Waals surface area (Å²) in [5.74, 6) is 0.0610. The normalized spacial score (nSPS) is 12.2. The van der Waals surface area contributed by atoms with E-state index in [0.29, 0.717) is 6.42 Å². The second-order valence-electron chi connectivity index (χ2n) is 4.17. The topological polar surface area (TPSA) is 46.3 Å². The zero-order chi connectivity index (χ0) is 12.7. The van der Waals surface area contributed by atoms with Crippen LogP contribution in [0.4, 0.5) is 0 Å². The van der Waals surface area contributed by atoms with E-state index in [2.05, 4.69) is 12.1 Å². The second-order valence-corrected chi connectivity index (χ2v) is 4.17. The van der Waals surface area contributed by atoms with Crippen LogP contribution in [0.2, 0.25) is 0 Å². The van der Waals surface area contributed by atoms with Gasteiger partial charge in [-0.15, -0.1) is 0 Å². The lowest BCUT2D eigenvalue weighted by molar-refractivity contribution is -0.132. The highest BCUT2D eigenvalue weighted by Crippen LogP contribution is 2.03. The molecule has 1 rings (SSSR count). The summed E-state index contributed by atoms with van der Waals surface area (Å²) in [5, 5.41) is 0. The lowest BCUT2D eigenvalue weighted by Gasteiger charge is -2.23. The van der Waals surface area contributed by atoms with Gasteiger partial charge in [-0.1, -0.05) is 37.3 Å². The van der Waals surface area contributed by atoms with Crippen LogP contribution >= 0.6 is 0 Å². The Balaban J connectivity index is 2.50. The van der Waals surface area contributed by atoms with E-state index in [1.165, 1.54) is 5.56 Å². The predicted molar refractivity (Wildman–Crippen MR) is 70.7 cm³/mol. The molecule has 2 N–H and O–H groups in total. The van der Waals surface area contributed by atoms with Crippen LogP contribution in [0, 0.1) is 0 Å². The van der Waals surface area contributed by atoms with Crippen LogP contribution in [-0.4, -0.2) is 29.9 Å². The Labute approximate surface area is 104 Å². The van der Waals surface area contributed by atoms with Crippen molar-refractivity contribution < 1.29 is 4.79 Å². The highest BCUT2D eigenvalue weighted by Gasteiger charge is 2.17. The van der Waals surface area contributed by atoms with Crippen molar-refractivity contribution in [3.63, 3.8) is 0 Å². The summed E-state index contributed by atoms with van der Waals surface area (Å²) >= 11 is 0. The average Bonchev–Trinajstić information content (AvgIpc) is 2.39. The third-order valence-corrected chi connectivity index (χ3v) is 2.96. The summed E-state index contributed by atoms with van der Waals surface area (Å²) in [6, 6.07) is 9.84. The summed E-state index contributed by atoms with van der Waals surface area (Å²) in [4.78, 5) is 13.8. The van der Waals surface area contributed by atoms with Gasteiger partial charge in [0.1, 0.15) is 0 Å². The molecular weight excluding hydrogens is 212 g/mol. The van der Waals surface area contributed by atoms with Crippen LogP contribution in [0.5, 0.6) is 0 Å². The first-order chi connectivity index (χ1) is 8.19. The molecule has 1 aromatic carbocycles. The van der Waals surface area contributed by atoms with Gasteiger partial charge in [-0.05, 0) is 25.3 Å². The molecule has 0 fully saturated rings. The fourth-order valence-corrected chi connectivity index (χ4v) is 1.74. The average molecular weight is 234 g/mol. The number of carbonyl (C=O) groups excluding carboxylic acids is 1. The quantitative estimate of drug-likeness (QED) is 0.816. The Morgan fingerprint density at radius 3 is 2.47 bits per heavy atom. The molecule has 0 unspecified atom stereocenters. The Bertz CT molecular complexity index is 337. The van der Waals surface area contributed by atoms with E-state index in [1.807, 2.05) is 36.9 Å². The van der Waals surface area contributed by atoms with Crippen molar-refractivity contribution in [3.8, 4) is 0 Å². The van der Waals surface area contributed by atoms with Gasteiger partial charge in [0.25, 0.3) is 0 Å². The first-order valence-corrected chi connectivity index (χ1v) is 6.27. The number of benzene rings is 1. The number of nitrogens with two attached hydrogens (primary N) is 1. The summed E-state index contributed by atoms with van der Waals surface area (Å²) in [7, 11) is 0. The minimum atomic E-state index is -0.356. The molecule has 1 aromatic rings. The molecule has 3 heteroatoms. The first-order valence-electron chi connectivity index (χ1n) is 6.27. The van der Waals surface area contributed by atoms with Crippen molar-refractivity contribution in [2.75, 3.05) is 13.1 Å². The van der Waals surface area contributed by atoms with Crippen molar-refractivity contribution in [2.24, 2.45) is 5.73 Å². The molecule has 0 aliphatic carbocycles. The summed E-state index contributed by atoms with van der Waals surface area (Å²) in [6.07, 6.45) is 1.58. The molecule has 1 amide bonds. The van der Waals surface area contributed by atoms with E-state index < -0.39 is 0 Å². The van der Waals surface area contributed by atoms with Crippen molar-refractivity contribution >= 4 is 5.91 Å². The van der Waals surface area contributed by atoms with Crippen molar-refractivity contribution in [3.05, 3.63) is 35.9 Å². The smallest absolute Gasteiger partial charge is 0.239 e. The SMILES string of the molecule is CC[C@H](N)C(=O)N(CC)CCc1ccccc1. The molecule has 0 aliphatic rings. The molecule has 0 aliphatic heterocycles. The molecule has 0 saturated heterocycles. The van der Waals surface area contributed by atoms with Gasteiger partial charge in [0.15, 0.2) is 0 Å². The molecule has 0 spiro atoms. The fraction of sp³-hybridized carbons (Fsp3) is 0.500. The summed E-state index contributed by atoms with van der Waals surface area (Å²) < 4.78 is 0. The Hall–Kier alpha value is -1.35. The van der Waals surface area contributed by atoms with Crippen molar-refractivity contribution in [1.82, 2.24) is 4.90 Å². The van der Waals surface area contributed by atoms with Crippen LogP contribution in [0.3, 0.4) is 0 Å². The van der Waals surface area contributed by atoms with Gasteiger partial charge in [-0.2, -0.15) is 0 Å². The number of likely N-dealkylation sites (N-methyl/N-ethyl adjacent to an activating group) is 1. The maximum Gasteiger partial charge on any atom is 0.239 e. The highest BCUT2D eigenvalue weighted by molar-refractivity contribution is 5.81. The minimum absolute atomic E-state index is 0.0610. The van der Waals surface area contributed by atoms with E-state index in [1.54, 1.807) is 0 Å². The Kier molecular flexibility index (Phi) is 5.70. The Morgan fingerprint density at radius 1 is 1.29 bits per heavy atom. The van der Waals surface area contributed by atoms with E-state index in [-0.39, 0.29) is 11.9 Å². The van der Waals surface area contributed by atoms with Crippen LogP contribution in [0.15, 0.2) is 30.3 Å². The number of carbonyl (C=O) groups is 1. The molecule has 0 aromatic heterocycles. The number of hydrogen-bond donors (Lipinski definition) is 1. The van der Waals surface area contributed by atoms with E-state index in [0.717, 1.165) is 19.5 Å². The third kappa shape index (κ3) is 4.19. The van der Waals surface area contributed by atoms with Gasteiger partial charge in [0.2, 0.25) is 5.91 Å². The molecule has 17 heavy (non-hydrogen) atoms. The molecule has 0 radical (unpaired) electrons. The fourth-order valence-electron chi connectivity index (χ4n) is 1.74. The molecular formula is C14H22N2O. The van der Waals surface area contributed by atoms with E-state index >= 15 is 0 Å². The monoisotopic (exact) mass is 234 g/mol. The standard InChI is InChI=1S/C14H22N2O/c1-3-13(15)14(17)16(4-2)11-10-12-8-6-5-7-9-12/h5-9,13H,3-4,10-11,15H2,1-2H3/t13-/m0/s1. The van der Waals surface area contributed by atoms with E-state index in [9.17, 15) is 4.79 Å². The first kappa shape index (κ1) is 13.7. The van der Waals surface area contributed by atoms with Crippen LogP contribution in [0.1, 0.15) is 25.8 Å². The Morgan fingerprint density at radius 2 is 1.94 bits per heavy atom. The summed E-state index contributed by atoms with van der Waals surface area (Å²) in [5.41, 5.74) is 7.02. The number of amides is 1. The van der Waals surface area contributed by atoms with Crippen LogP contribution < -0.4 is 5.73 Å². The molecule has 0 saturated carbocycles. The van der Waals surface area contributed by atoms with Gasteiger partial charge >= 0.3 is 0 Å². The molecule has 1 atom stereocenters. The van der Waals surface area contributed by atoms with Crippen molar-refractivity contribution in [1.29, 1.82) is 0 Å². The maximum atomic E-state index is 11.9. The van der Waals surface area contributed by atoms with Gasteiger partial charge in [-0.3, -0.25) is 4.79 Å². The lowest BCUT2D eigenvalue weighted by Crippen LogP contribution is -2.44. The third-order valence-electron chi connectivity index (χ3n) is 2.96. The second kappa shape index (κ2) is 7.07. The van der Waals surface area contributed by atoms with Gasteiger partial charge in [0, 0.05) is 13.1 Å². The van der Waals surface area contributed by atoms with Crippen LogP contribution in [-0.2, 0) is 11.2 Å². The lowest BCUT2D eigenvalue weighted by atomic mass is 10.1. The molecule has 3 nitrogen and oxygen atoms in total. The summed E-state index contributed by atoms with van der Waals surface area (Å²) in [6.45, 7) is 5.39. The van der Waals surface area contributed by atoms with E-state index in [4.69, 9.17) is 5.73 Å². The van der Waals surface area contributed by atoms with Crippen LogP contribution in [0.25, 0.3) is 0 Å². The molecule has 94 valence electrons. The predicted octanol–water partition coefficient (Wildman–Crippen LogP) is 1.81. The van der Waals surface area contributed by atoms with Crippen molar-refractivity contribution in [2.45, 2.75) is 32.7 Å². The zero-order valence-corrected chi connectivity index (χ0v) is 10.7. The van der Waals surface area contributed by atoms with Gasteiger partial charge < -0.3 is 10.6 Å². The minimum Gasteiger partial charge on any atom is -0.341 e. The largest absolute Gasteiger partial charge is 0.341 e. The molecule has 0 bridgehead atoms. The number of nitrogens with zero attached hydrogens (tertiary/aromatic N) is 1. The van der Waals surface area contributed by atoms with Gasteiger partial charge in [0.05, 0.1) is 6.04 Å².